The van der Waals surface area contributed by atoms with Crippen LogP contribution >= 0.6 is 22.6 Å². The number of halogens is 1. The molecular weight excluding hydrogens is 575 g/mol. The maximum Gasteiger partial charge on any atom is 0.363 e. The van der Waals surface area contributed by atoms with E-state index in [1.54, 1.807) is 66.7 Å². The Morgan fingerprint density at radius 1 is 1.08 bits per heavy atom. The summed E-state index contributed by atoms with van der Waals surface area (Å²) in [5, 5.41) is 2.68. The molecule has 182 valence electrons. The highest BCUT2D eigenvalue weighted by Gasteiger charge is 2.24. The van der Waals surface area contributed by atoms with E-state index in [4.69, 9.17) is 14.2 Å². The molecule has 0 radical (unpaired) electrons. The second kappa shape index (κ2) is 11.2. The van der Waals surface area contributed by atoms with E-state index in [1.807, 2.05) is 6.07 Å². The molecule has 0 fully saturated rings. The van der Waals surface area contributed by atoms with E-state index >= 15 is 0 Å². The summed E-state index contributed by atoms with van der Waals surface area (Å²) < 4.78 is 17.3. The predicted octanol–water partition coefficient (Wildman–Crippen LogP) is 4.86. The van der Waals surface area contributed by atoms with Gasteiger partial charge >= 0.3 is 5.97 Å². The van der Waals surface area contributed by atoms with Gasteiger partial charge in [-0.3, -0.25) is 9.59 Å². The Morgan fingerprint density at radius 3 is 2.47 bits per heavy atom. The number of carbonyl (C=O) groups is 3. The van der Waals surface area contributed by atoms with Crippen LogP contribution in [-0.2, 0) is 14.3 Å². The van der Waals surface area contributed by atoms with E-state index in [1.165, 1.54) is 14.0 Å². The van der Waals surface area contributed by atoms with E-state index in [0.29, 0.717) is 37.4 Å². The zero-order chi connectivity index (χ0) is 25.7. The van der Waals surface area contributed by atoms with Crippen LogP contribution in [0.2, 0.25) is 0 Å². The second-order valence-electron chi connectivity index (χ2n) is 7.71. The van der Waals surface area contributed by atoms with Crippen molar-refractivity contribution in [1.29, 1.82) is 0 Å². The summed E-state index contributed by atoms with van der Waals surface area (Å²) in [5.41, 5.74) is 2.56. The molecule has 1 amide bonds. The Hall–Kier alpha value is -3.99. The van der Waals surface area contributed by atoms with Gasteiger partial charge in [0, 0.05) is 23.7 Å². The van der Waals surface area contributed by atoms with Crippen LogP contribution in [0.5, 0.6) is 11.5 Å². The molecule has 4 rings (SSSR count). The lowest BCUT2D eigenvalue weighted by Gasteiger charge is -2.13. The number of amides is 1. The lowest BCUT2D eigenvalue weighted by Crippen LogP contribution is -2.12. The van der Waals surface area contributed by atoms with Crippen molar-refractivity contribution in [3.8, 4) is 11.5 Å². The van der Waals surface area contributed by atoms with Gasteiger partial charge in [0.1, 0.15) is 0 Å². The molecule has 1 aliphatic heterocycles. The number of hydrogen-bond acceptors (Lipinski definition) is 7. The molecule has 0 unspecified atom stereocenters. The van der Waals surface area contributed by atoms with Crippen molar-refractivity contribution < 1.29 is 28.6 Å². The number of rotatable bonds is 8. The summed E-state index contributed by atoms with van der Waals surface area (Å²) in [6, 6.07) is 19.2. The molecule has 0 saturated carbocycles. The molecule has 3 aromatic carbocycles. The molecule has 0 bridgehead atoms. The van der Waals surface area contributed by atoms with Crippen molar-refractivity contribution in [3.05, 3.63) is 92.7 Å². The summed E-state index contributed by atoms with van der Waals surface area (Å²) in [6.07, 6.45) is 1.59. The molecule has 0 atom stereocenters. The Kier molecular flexibility index (Phi) is 7.79. The smallest absolute Gasteiger partial charge is 0.363 e. The summed E-state index contributed by atoms with van der Waals surface area (Å²) in [6.45, 7) is 1.28. The monoisotopic (exact) mass is 596 g/mol. The van der Waals surface area contributed by atoms with Gasteiger partial charge in [-0.1, -0.05) is 30.3 Å². The van der Waals surface area contributed by atoms with Crippen LogP contribution in [0.4, 0.5) is 5.69 Å². The minimum atomic E-state index is -0.585. The average molecular weight is 596 g/mol. The number of Topliss-reactive ketones (excluding diaryl/α,β-unsaturated/α-hetero) is 1. The maximum absolute atomic E-state index is 12.4. The van der Waals surface area contributed by atoms with Gasteiger partial charge in [-0.05, 0) is 70.6 Å². The van der Waals surface area contributed by atoms with Crippen LogP contribution in [-0.4, -0.2) is 37.3 Å². The molecule has 8 nitrogen and oxygen atoms in total. The number of esters is 1. The Bertz CT molecular complexity index is 1380. The number of carbonyl (C=O) groups excluding carboxylic acids is 3. The van der Waals surface area contributed by atoms with Crippen molar-refractivity contribution in [2.75, 3.05) is 19.0 Å². The van der Waals surface area contributed by atoms with E-state index < -0.39 is 5.97 Å². The minimum absolute atomic E-state index is 0.127. The Morgan fingerprint density at radius 2 is 1.81 bits per heavy atom. The first kappa shape index (κ1) is 25.1. The number of methoxy groups -OCH3 is 1. The highest BCUT2D eigenvalue weighted by Crippen LogP contribution is 2.35. The van der Waals surface area contributed by atoms with Crippen LogP contribution in [0.25, 0.3) is 6.08 Å². The van der Waals surface area contributed by atoms with Gasteiger partial charge in [0.05, 0.1) is 10.7 Å². The van der Waals surface area contributed by atoms with E-state index in [2.05, 4.69) is 32.9 Å². The number of nitrogens with zero attached hydrogens (tertiary/aromatic N) is 1. The molecule has 0 aromatic heterocycles. The number of nitrogens with one attached hydrogen (secondary N) is 1. The number of hydrogen-bond donors (Lipinski definition) is 1. The third-order valence-corrected chi connectivity index (χ3v) is 5.87. The molecule has 0 aliphatic carbocycles. The molecule has 0 saturated heterocycles. The zero-order valence-corrected chi connectivity index (χ0v) is 21.6. The summed E-state index contributed by atoms with van der Waals surface area (Å²) in [4.78, 5) is 40.4. The summed E-state index contributed by atoms with van der Waals surface area (Å²) in [7, 11) is 1.50. The topological polar surface area (TPSA) is 103 Å². The Labute approximate surface area is 221 Å². The number of ether oxygens (including phenoxy) is 3. The Balaban J connectivity index is 1.53. The largest absolute Gasteiger partial charge is 0.493 e. The standard InChI is InChI=1S/C27H21IN2O6/c1-16(31)29-20-10-8-19(9-11-20)26-30-22(27(33)36-26)13-17-12-21(28)25(24(14-17)34-2)35-15-23(32)18-6-4-3-5-7-18/h3-14H,15H2,1-2H3,(H,29,31)/b22-13-. The van der Waals surface area contributed by atoms with Crippen molar-refractivity contribution in [2.45, 2.75) is 6.92 Å². The third-order valence-electron chi connectivity index (χ3n) is 5.07. The zero-order valence-electron chi connectivity index (χ0n) is 19.4. The number of anilines is 1. The van der Waals surface area contributed by atoms with Crippen LogP contribution < -0.4 is 14.8 Å². The van der Waals surface area contributed by atoms with Crippen molar-refractivity contribution in [2.24, 2.45) is 4.99 Å². The first-order valence-corrected chi connectivity index (χ1v) is 11.9. The van der Waals surface area contributed by atoms with E-state index in [0.717, 1.165) is 0 Å². The fourth-order valence-corrected chi connectivity index (χ4v) is 4.18. The van der Waals surface area contributed by atoms with Gasteiger partial charge in [-0.2, -0.15) is 0 Å². The van der Waals surface area contributed by atoms with Crippen molar-refractivity contribution >= 4 is 57.9 Å². The van der Waals surface area contributed by atoms with Crippen LogP contribution in [0.1, 0.15) is 28.4 Å². The quantitative estimate of drug-likeness (QED) is 0.173. The third kappa shape index (κ3) is 5.98. The molecular formula is C27H21IN2O6. The summed E-state index contributed by atoms with van der Waals surface area (Å²) in [5.74, 6) is 0.100. The van der Waals surface area contributed by atoms with Crippen molar-refractivity contribution in [1.82, 2.24) is 0 Å². The molecule has 3 aromatic rings. The van der Waals surface area contributed by atoms with Gasteiger partial charge in [0.2, 0.25) is 11.8 Å². The highest BCUT2D eigenvalue weighted by atomic mass is 127. The van der Waals surface area contributed by atoms with E-state index in [-0.39, 0.29) is 29.9 Å². The number of cyclic esters (lactones) is 1. The molecule has 0 spiro atoms. The molecule has 1 N–H and O–H groups in total. The average Bonchev–Trinajstić information content (AvgIpc) is 3.23. The lowest BCUT2D eigenvalue weighted by atomic mass is 10.1. The lowest BCUT2D eigenvalue weighted by molar-refractivity contribution is -0.129. The molecule has 1 aliphatic rings. The minimum Gasteiger partial charge on any atom is -0.493 e. The molecule has 9 heteroatoms. The fourth-order valence-electron chi connectivity index (χ4n) is 3.40. The van der Waals surface area contributed by atoms with Crippen molar-refractivity contribution in [3.63, 3.8) is 0 Å². The number of benzene rings is 3. The van der Waals surface area contributed by atoms with Crippen LogP contribution in [0, 0.1) is 3.57 Å². The predicted molar refractivity (Wildman–Crippen MR) is 143 cm³/mol. The second-order valence-corrected chi connectivity index (χ2v) is 8.87. The molecule has 36 heavy (non-hydrogen) atoms. The van der Waals surface area contributed by atoms with Crippen LogP contribution in [0.15, 0.2) is 77.4 Å². The SMILES string of the molecule is COc1cc(/C=C2\N=C(c3ccc(NC(C)=O)cc3)OC2=O)cc(I)c1OCC(=O)c1ccccc1. The normalized spacial score (nSPS) is 13.7. The number of ketones is 1. The van der Waals surface area contributed by atoms with Gasteiger partial charge in [-0.25, -0.2) is 9.79 Å². The maximum atomic E-state index is 12.4. The fraction of sp³-hybridized carbons (Fsp3) is 0.111. The number of aliphatic imine (C=N–C) groups is 1. The highest BCUT2D eigenvalue weighted by molar-refractivity contribution is 14.1. The van der Waals surface area contributed by atoms with Gasteiger partial charge in [-0.15, -0.1) is 0 Å². The van der Waals surface area contributed by atoms with Gasteiger partial charge < -0.3 is 19.5 Å². The van der Waals surface area contributed by atoms with E-state index in [9.17, 15) is 14.4 Å². The summed E-state index contributed by atoms with van der Waals surface area (Å²) >= 11 is 2.09. The van der Waals surface area contributed by atoms with Gasteiger partial charge in [0.15, 0.2) is 29.6 Å². The van der Waals surface area contributed by atoms with Crippen LogP contribution in [0.3, 0.4) is 0 Å². The van der Waals surface area contributed by atoms with Gasteiger partial charge in [0.25, 0.3) is 0 Å². The first-order valence-electron chi connectivity index (χ1n) is 10.8. The first-order chi connectivity index (χ1) is 17.3. The molecule has 1 heterocycles.